The Morgan fingerprint density at radius 1 is 1.06 bits per heavy atom. The van der Waals surface area contributed by atoms with Gasteiger partial charge in [-0.3, -0.25) is 5.32 Å². The van der Waals surface area contributed by atoms with E-state index < -0.39 is 0 Å². The average molecular weight is 235 g/mol. The quantitative estimate of drug-likeness (QED) is 0.781. The minimum Gasteiger partial charge on any atom is -0.406 e. The van der Waals surface area contributed by atoms with Gasteiger partial charge in [0.1, 0.15) is 0 Å². The van der Waals surface area contributed by atoms with Crippen LogP contribution in [0.3, 0.4) is 0 Å². The summed E-state index contributed by atoms with van der Waals surface area (Å²) in [6.45, 7) is 4.22. The van der Waals surface area contributed by atoms with Gasteiger partial charge in [-0.1, -0.05) is 5.10 Å². The highest BCUT2D eigenvalue weighted by molar-refractivity contribution is 5.38. The van der Waals surface area contributed by atoms with Gasteiger partial charge < -0.3 is 9.73 Å². The minimum absolute atomic E-state index is 0.250. The van der Waals surface area contributed by atoms with Gasteiger partial charge >= 0.3 is 6.01 Å². The van der Waals surface area contributed by atoms with Gasteiger partial charge in [0.15, 0.2) is 0 Å². The lowest BCUT2D eigenvalue weighted by Crippen LogP contribution is -2.05. The molecule has 0 amide bonds. The Kier molecular flexibility index (Phi) is 3.24. The first-order chi connectivity index (χ1) is 8.19. The van der Waals surface area contributed by atoms with Crippen molar-refractivity contribution >= 4 is 12.0 Å². The average Bonchev–Trinajstić information content (AvgIpc) is 2.72. The van der Waals surface area contributed by atoms with Crippen molar-refractivity contribution in [2.75, 3.05) is 12.4 Å². The molecule has 8 heteroatoms. The monoisotopic (exact) mass is 235 g/mol. The number of hydrogen-bond donors (Lipinski definition) is 2. The van der Waals surface area contributed by atoms with Gasteiger partial charge in [-0.2, -0.15) is 5.10 Å². The highest BCUT2D eigenvalue weighted by Gasteiger charge is 2.08. The fourth-order valence-corrected chi connectivity index (χ4v) is 1.13. The van der Waals surface area contributed by atoms with E-state index in [9.17, 15) is 0 Å². The molecule has 0 spiro atoms. The van der Waals surface area contributed by atoms with Gasteiger partial charge in [-0.15, -0.1) is 10.2 Å². The number of rotatable bonds is 4. The Morgan fingerprint density at radius 2 is 1.88 bits per heavy atom. The van der Waals surface area contributed by atoms with Gasteiger partial charge in [-0.05, 0) is 20.9 Å². The molecule has 0 fully saturated rings. The summed E-state index contributed by atoms with van der Waals surface area (Å²) >= 11 is 0. The Balaban J connectivity index is 2.11. The number of aromatic nitrogens is 5. The molecule has 90 valence electrons. The zero-order chi connectivity index (χ0) is 12.3. The predicted octanol–water partition coefficient (Wildman–Crippen LogP) is 0.334. The minimum atomic E-state index is 0.250. The SMILES string of the molecule is CNCc1nnc(Nc2nnc(C)c(C)n2)o1. The molecule has 0 saturated heterocycles. The molecule has 8 nitrogen and oxygen atoms in total. The van der Waals surface area contributed by atoms with Gasteiger partial charge in [0.05, 0.1) is 17.9 Å². The Hall–Kier alpha value is -2.09. The molecule has 0 atom stereocenters. The van der Waals surface area contributed by atoms with E-state index in [4.69, 9.17) is 4.42 Å². The van der Waals surface area contributed by atoms with Crippen LogP contribution in [0.25, 0.3) is 0 Å². The molecule has 2 aromatic rings. The number of aryl methyl sites for hydroxylation is 2. The molecule has 0 unspecified atom stereocenters. The number of nitrogens with one attached hydrogen (secondary N) is 2. The van der Waals surface area contributed by atoms with Crippen LogP contribution in [0.5, 0.6) is 0 Å². The smallest absolute Gasteiger partial charge is 0.322 e. The molecule has 0 aliphatic heterocycles. The maximum Gasteiger partial charge on any atom is 0.322 e. The van der Waals surface area contributed by atoms with Crippen LogP contribution in [0.2, 0.25) is 0 Å². The van der Waals surface area contributed by atoms with E-state index in [1.807, 2.05) is 13.8 Å². The van der Waals surface area contributed by atoms with E-state index in [2.05, 4.69) is 36.0 Å². The van der Waals surface area contributed by atoms with Crippen molar-refractivity contribution < 1.29 is 4.42 Å². The summed E-state index contributed by atoms with van der Waals surface area (Å²) in [5, 5.41) is 21.2. The Bertz CT molecular complexity index is 510. The molecule has 0 bridgehead atoms. The normalized spacial score (nSPS) is 10.5. The molecule has 2 aromatic heterocycles. The molecule has 0 saturated carbocycles. The summed E-state index contributed by atoms with van der Waals surface area (Å²) in [5.41, 5.74) is 1.59. The summed E-state index contributed by atoms with van der Waals surface area (Å²) in [5.74, 6) is 0.833. The molecule has 0 aromatic carbocycles. The first-order valence-electron chi connectivity index (χ1n) is 5.11. The largest absolute Gasteiger partial charge is 0.406 e. The van der Waals surface area contributed by atoms with E-state index in [0.29, 0.717) is 18.4 Å². The van der Waals surface area contributed by atoms with Crippen molar-refractivity contribution in [2.24, 2.45) is 0 Å². The van der Waals surface area contributed by atoms with Crippen molar-refractivity contribution in [3.8, 4) is 0 Å². The van der Waals surface area contributed by atoms with Gasteiger partial charge in [-0.25, -0.2) is 4.98 Å². The van der Waals surface area contributed by atoms with Crippen LogP contribution >= 0.6 is 0 Å². The van der Waals surface area contributed by atoms with Crippen molar-refractivity contribution in [2.45, 2.75) is 20.4 Å². The molecular formula is C9H13N7O. The third-order valence-corrected chi connectivity index (χ3v) is 2.11. The van der Waals surface area contributed by atoms with Gasteiger partial charge in [0.25, 0.3) is 5.95 Å². The van der Waals surface area contributed by atoms with Crippen LogP contribution in [0.1, 0.15) is 17.3 Å². The lowest BCUT2D eigenvalue weighted by molar-refractivity contribution is 0.492. The van der Waals surface area contributed by atoms with E-state index in [1.54, 1.807) is 7.05 Å². The van der Waals surface area contributed by atoms with E-state index in [-0.39, 0.29) is 6.01 Å². The number of nitrogens with zero attached hydrogens (tertiary/aromatic N) is 5. The zero-order valence-corrected chi connectivity index (χ0v) is 9.85. The molecule has 17 heavy (non-hydrogen) atoms. The maximum atomic E-state index is 5.29. The van der Waals surface area contributed by atoms with Gasteiger partial charge in [0, 0.05) is 0 Å². The molecule has 0 aliphatic rings. The van der Waals surface area contributed by atoms with Crippen molar-refractivity contribution in [1.82, 2.24) is 30.7 Å². The second-order valence-corrected chi connectivity index (χ2v) is 3.46. The Morgan fingerprint density at radius 3 is 2.59 bits per heavy atom. The summed E-state index contributed by atoms with van der Waals surface area (Å²) < 4.78 is 5.29. The van der Waals surface area contributed by atoms with Gasteiger partial charge in [0.2, 0.25) is 5.89 Å². The molecule has 0 radical (unpaired) electrons. The number of anilines is 2. The summed E-state index contributed by atoms with van der Waals surface area (Å²) in [6, 6.07) is 0.250. The first kappa shape index (κ1) is 11.4. The summed E-state index contributed by atoms with van der Waals surface area (Å²) in [7, 11) is 1.80. The second kappa shape index (κ2) is 4.83. The predicted molar refractivity (Wildman–Crippen MR) is 59.6 cm³/mol. The topological polar surface area (TPSA) is 102 Å². The zero-order valence-electron chi connectivity index (χ0n) is 9.85. The van der Waals surface area contributed by atoms with E-state index >= 15 is 0 Å². The fourth-order valence-electron chi connectivity index (χ4n) is 1.13. The van der Waals surface area contributed by atoms with Crippen molar-refractivity contribution in [3.05, 3.63) is 17.3 Å². The van der Waals surface area contributed by atoms with Crippen molar-refractivity contribution in [1.29, 1.82) is 0 Å². The second-order valence-electron chi connectivity index (χ2n) is 3.46. The van der Waals surface area contributed by atoms with Crippen LogP contribution in [-0.4, -0.2) is 32.4 Å². The van der Waals surface area contributed by atoms with Crippen LogP contribution in [-0.2, 0) is 6.54 Å². The summed E-state index contributed by atoms with van der Waals surface area (Å²) in [6.07, 6.45) is 0. The van der Waals surface area contributed by atoms with Crippen molar-refractivity contribution in [3.63, 3.8) is 0 Å². The van der Waals surface area contributed by atoms with E-state index in [0.717, 1.165) is 11.4 Å². The highest BCUT2D eigenvalue weighted by atomic mass is 16.4. The molecular weight excluding hydrogens is 222 g/mol. The third kappa shape index (κ3) is 2.72. The van der Waals surface area contributed by atoms with Crippen LogP contribution < -0.4 is 10.6 Å². The highest BCUT2D eigenvalue weighted by Crippen LogP contribution is 2.11. The fraction of sp³-hybridized carbons (Fsp3) is 0.444. The lowest BCUT2D eigenvalue weighted by Gasteiger charge is -2.00. The summed E-state index contributed by atoms with van der Waals surface area (Å²) in [4.78, 5) is 4.20. The standard InChI is InChI=1S/C9H13N7O/c1-5-6(2)13-15-8(11-5)12-9-16-14-7(17-9)4-10-3/h10H,4H2,1-3H3,(H,11,12,15,16). The first-order valence-corrected chi connectivity index (χ1v) is 5.11. The molecule has 2 heterocycles. The Labute approximate surface area is 97.9 Å². The third-order valence-electron chi connectivity index (χ3n) is 2.11. The number of hydrogen-bond acceptors (Lipinski definition) is 8. The molecule has 2 rings (SSSR count). The maximum absolute atomic E-state index is 5.29. The van der Waals surface area contributed by atoms with E-state index in [1.165, 1.54) is 0 Å². The molecule has 0 aliphatic carbocycles. The molecule has 2 N–H and O–H groups in total. The van der Waals surface area contributed by atoms with Crippen LogP contribution in [0.4, 0.5) is 12.0 Å². The van der Waals surface area contributed by atoms with Crippen LogP contribution in [0.15, 0.2) is 4.42 Å². The lowest BCUT2D eigenvalue weighted by atomic mass is 10.4. The van der Waals surface area contributed by atoms with Crippen LogP contribution in [0, 0.1) is 13.8 Å².